The van der Waals surface area contributed by atoms with Gasteiger partial charge in [-0.25, -0.2) is 0 Å². The van der Waals surface area contributed by atoms with Crippen LogP contribution < -0.4 is 0 Å². The first kappa shape index (κ1) is 17.0. The number of aromatic nitrogens is 2. The number of benzene rings is 2. The van der Waals surface area contributed by atoms with Gasteiger partial charge in [-0.2, -0.15) is 0 Å². The lowest BCUT2D eigenvalue weighted by molar-refractivity contribution is 0.474. The van der Waals surface area contributed by atoms with Crippen molar-refractivity contribution in [2.75, 3.05) is 0 Å². The molecule has 0 aliphatic rings. The van der Waals surface area contributed by atoms with Crippen molar-refractivity contribution in [1.29, 1.82) is 0 Å². The molecule has 0 amide bonds. The third kappa shape index (κ3) is 1.76. The largest absolute Gasteiger partial charge is 0.508 e. The number of thiophene rings is 2. The van der Waals surface area contributed by atoms with Crippen LogP contribution in [-0.4, -0.2) is 19.3 Å². The molecule has 8 rings (SSSR count). The summed E-state index contributed by atoms with van der Waals surface area (Å²) in [5.41, 5.74) is 7.54. The molecule has 6 nitrogen and oxygen atoms in total. The molecule has 8 heteroatoms. The van der Waals surface area contributed by atoms with Crippen molar-refractivity contribution >= 4 is 96.6 Å². The van der Waals surface area contributed by atoms with E-state index in [9.17, 15) is 10.2 Å². The second-order valence-corrected chi connectivity index (χ2v) is 10.3. The second-order valence-electron chi connectivity index (χ2n) is 8.26. The maximum Gasteiger partial charge on any atom is 0.171 e. The van der Waals surface area contributed by atoms with E-state index >= 15 is 0 Å². The van der Waals surface area contributed by atoms with E-state index in [-0.39, 0.29) is 11.5 Å². The first-order valence-electron chi connectivity index (χ1n) is 10.1. The second kappa shape index (κ2) is 5.23. The number of aromatic hydroxyl groups is 2. The average Bonchev–Trinajstić information content (AvgIpc) is 3.53. The number of aryl methyl sites for hydroxylation is 2. The van der Waals surface area contributed by atoms with Crippen LogP contribution in [0.1, 0.15) is 0 Å². The van der Waals surface area contributed by atoms with Crippen LogP contribution in [0.15, 0.2) is 45.2 Å². The molecule has 0 unspecified atom stereocenters. The Kier molecular flexibility index (Phi) is 2.78. The molecule has 0 saturated carbocycles. The highest BCUT2D eigenvalue weighted by atomic mass is 32.1. The summed E-state index contributed by atoms with van der Waals surface area (Å²) >= 11 is 3.48. The van der Waals surface area contributed by atoms with Crippen molar-refractivity contribution < 1.29 is 19.0 Å². The smallest absolute Gasteiger partial charge is 0.171 e. The Morgan fingerprint density at radius 2 is 1.06 bits per heavy atom. The molecule has 0 spiro atoms. The Morgan fingerprint density at radius 3 is 1.50 bits per heavy atom. The van der Waals surface area contributed by atoms with Gasteiger partial charge in [0.15, 0.2) is 11.2 Å². The zero-order valence-electron chi connectivity index (χ0n) is 16.9. The van der Waals surface area contributed by atoms with Crippen molar-refractivity contribution in [1.82, 2.24) is 9.13 Å². The quantitative estimate of drug-likeness (QED) is 0.253. The van der Waals surface area contributed by atoms with Gasteiger partial charge in [0.2, 0.25) is 0 Å². The summed E-state index contributed by atoms with van der Waals surface area (Å²) in [6.45, 7) is 0. The van der Waals surface area contributed by atoms with E-state index in [1.807, 2.05) is 12.1 Å². The first-order chi connectivity index (χ1) is 15.5. The monoisotopic (exact) mass is 458 g/mol. The highest BCUT2D eigenvalue weighted by Gasteiger charge is 2.27. The molecule has 0 fully saturated rings. The summed E-state index contributed by atoms with van der Waals surface area (Å²) in [7, 11) is 4.14. The number of phenolic OH excluding ortho intramolecular Hbond substituents is 2. The van der Waals surface area contributed by atoms with Gasteiger partial charge < -0.3 is 28.2 Å². The van der Waals surface area contributed by atoms with Crippen LogP contribution in [0.4, 0.5) is 0 Å². The van der Waals surface area contributed by atoms with E-state index in [4.69, 9.17) is 8.83 Å². The van der Waals surface area contributed by atoms with Crippen molar-refractivity contribution in [3.05, 3.63) is 36.4 Å². The maximum atomic E-state index is 9.86. The van der Waals surface area contributed by atoms with Crippen LogP contribution in [0.2, 0.25) is 0 Å². The van der Waals surface area contributed by atoms with Gasteiger partial charge in [0.25, 0.3) is 0 Å². The molecule has 156 valence electrons. The van der Waals surface area contributed by atoms with Crippen LogP contribution in [-0.2, 0) is 14.1 Å². The molecule has 32 heavy (non-hydrogen) atoms. The molecule has 8 aromatic rings. The SMILES string of the molecule is Cn1c2c3ccc(O)cc3oc2c2sc3c(sc4c5oc6cc(O)ccc6c5n(C)c43)c21. The Morgan fingerprint density at radius 1 is 0.625 bits per heavy atom. The normalized spacial score (nSPS) is 12.9. The van der Waals surface area contributed by atoms with E-state index in [2.05, 4.69) is 23.2 Å². The molecule has 0 aliphatic carbocycles. The van der Waals surface area contributed by atoms with Gasteiger partial charge in [-0.1, -0.05) is 0 Å². The van der Waals surface area contributed by atoms with Crippen molar-refractivity contribution in [2.45, 2.75) is 0 Å². The molecule has 2 aromatic carbocycles. The van der Waals surface area contributed by atoms with Crippen molar-refractivity contribution in [3.8, 4) is 11.5 Å². The van der Waals surface area contributed by atoms with Gasteiger partial charge in [0, 0.05) is 37.0 Å². The van der Waals surface area contributed by atoms with Gasteiger partial charge in [-0.05, 0) is 24.3 Å². The molecule has 0 bridgehead atoms. The maximum absolute atomic E-state index is 9.86. The minimum absolute atomic E-state index is 0.202. The van der Waals surface area contributed by atoms with Crippen molar-refractivity contribution in [3.63, 3.8) is 0 Å². The zero-order valence-corrected chi connectivity index (χ0v) is 18.5. The molecule has 2 N–H and O–H groups in total. The number of hydrogen-bond donors (Lipinski definition) is 2. The number of nitrogens with zero attached hydrogens (tertiary/aromatic N) is 2. The van der Waals surface area contributed by atoms with E-state index in [0.29, 0.717) is 11.2 Å². The van der Waals surface area contributed by atoms with Gasteiger partial charge in [0.1, 0.15) is 22.7 Å². The van der Waals surface area contributed by atoms with Crippen LogP contribution in [0.25, 0.3) is 74.0 Å². The minimum Gasteiger partial charge on any atom is -0.508 e. The summed E-state index contributed by atoms with van der Waals surface area (Å²) in [5.74, 6) is 0.405. The first-order valence-corrected chi connectivity index (χ1v) is 11.7. The van der Waals surface area contributed by atoms with E-state index in [0.717, 1.165) is 53.4 Å². The van der Waals surface area contributed by atoms with Crippen LogP contribution in [0, 0.1) is 0 Å². The summed E-state index contributed by atoms with van der Waals surface area (Å²) in [6.07, 6.45) is 0. The molecule has 6 aromatic heterocycles. The molecular weight excluding hydrogens is 444 g/mol. The standard InChI is InChI=1S/C24H14N2O4S2/c1-25-15-11-5-3-9(27)7-13(11)29-19(15)21-17(25)23-24(31-21)18-22(32-23)20-16(26(18)2)12-6-4-10(28)8-14(12)30-20/h3-8,27-28H,1-2H3. The fourth-order valence-electron chi connectivity index (χ4n) is 5.17. The summed E-state index contributed by atoms with van der Waals surface area (Å²) in [5, 5.41) is 21.7. The Hall–Kier alpha value is -3.62. The predicted octanol–water partition coefficient (Wildman–Crippen LogP) is 7.16. The third-order valence-electron chi connectivity index (χ3n) is 6.52. The van der Waals surface area contributed by atoms with Crippen LogP contribution in [0.5, 0.6) is 11.5 Å². The van der Waals surface area contributed by atoms with Gasteiger partial charge >= 0.3 is 0 Å². The Bertz CT molecular complexity index is 1940. The highest BCUT2D eigenvalue weighted by molar-refractivity contribution is 7.37. The predicted molar refractivity (Wildman–Crippen MR) is 131 cm³/mol. The molecule has 0 atom stereocenters. The van der Waals surface area contributed by atoms with Gasteiger partial charge in [-0.3, -0.25) is 0 Å². The average molecular weight is 459 g/mol. The molecule has 6 heterocycles. The van der Waals surface area contributed by atoms with Crippen LogP contribution >= 0.6 is 22.7 Å². The van der Waals surface area contributed by atoms with E-state index < -0.39 is 0 Å². The number of phenols is 2. The molecule has 0 radical (unpaired) electrons. The number of rotatable bonds is 0. The lowest BCUT2D eigenvalue weighted by atomic mass is 10.2. The molecule has 0 aliphatic heterocycles. The van der Waals surface area contributed by atoms with Crippen LogP contribution in [0.3, 0.4) is 0 Å². The van der Waals surface area contributed by atoms with Gasteiger partial charge in [0.05, 0.1) is 40.9 Å². The summed E-state index contributed by atoms with van der Waals surface area (Å²) in [4.78, 5) is 0. The third-order valence-corrected chi connectivity index (χ3v) is 9.02. The lowest BCUT2D eigenvalue weighted by Gasteiger charge is -1.97. The zero-order chi connectivity index (χ0) is 21.5. The molecular formula is C24H14N2O4S2. The Labute approximate surface area is 186 Å². The lowest BCUT2D eigenvalue weighted by Crippen LogP contribution is -1.86. The number of hydrogen-bond acceptors (Lipinski definition) is 6. The Balaban J connectivity index is 1.55. The highest BCUT2D eigenvalue weighted by Crippen LogP contribution is 2.52. The summed E-state index contributed by atoms with van der Waals surface area (Å²) in [6, 6.07) is 10.6. The fourth-order valence-corrected chi connectivity index (χ4v) is 8.14. The van der Waals surface area contributed by atoms with E-state index in [1.54, 1.807) is 46.9 Å². The van der Waals surface area contributed by atoms with E-state index in [1.165, 1.54) is 9.40 Å². The fraction of sp³-hybridized carbons (Fsp3) is 0.0833. The topological polar surface area (TPSA) is 76.6 Å². The number of furan rings is 2. The number of fused-ring (bicyclic) bond motifs is 13. The molecule has 0 saturated heterocycles. The summed E-state index contributed by atoms with van der Waals surface area (Å²) < 4.78 is 21.5. The van der Waals surface area contributed by atoms with Crippen molar-refractivity contribution in [2.24, 2.45) is 14.1 Å². The van der Waals surface area contributed by atoms with Gasteiger partial charge in [-0.15, -0.1) is 22.7 Å². The minimum atomic E-state index is 0.202.